The standard InChI is InChI=1S/C15H14BrF2NO2/c1-20-11-4-2-3-9(5-11)14(8-19)21-13-7-10(16)6-12(17)15(13)18/h2-7,14H,8,19H2,1H3. The molecular formula is C15H14BrF2NO2. The van der Waals surface area contributed by atoms with Gasteiger partial charge in [-0.05, 0) is 29.8 Å². The smallest absolute Gasteiger partial charge is 0.200 e. The normalized spacial score (nSPS) is 12.0. The minimum atomic E-state index is -1.04. The highest BCUT2D eigenvalue weighted by atomic mass is 79.9. The Bertz CT molecular complexity index is 637. The van der Waals surface area contributed by atoms with E-state index in [9.17, 15) is 8.78 Å². The summed E-state index contributed by atoms with van der Waals surface area (Å²) in [7, 11) is 1.54. The first-order valence-corrected chi connectivity index (χ1v) is 6.99. The van der Waals surface area contributed by atoms with E-state index in [-0.39, 0.29) is 12.3 Å². The number of ether oxygens (including phenoxy) is 2. The van der Waals surface area contributed by atoms with Crippen LogP contribution in [0.15, 0.2) is 40.9 Å². The van der Waals surface area contributed by atoms with Gasteiger partial charge in [-0.15, -0.1) is 0 Å². The summed E-state index contributed by atoms with van der Waals surface area (Å²) >= 11 is 3.10. The third kappa shape index (κ3) is 3.71. The van der Waals surface area contributed by atoms with Gasteiger partial charge in [-0.1, -0.05) is 28.1 Å². The summed E-state index contributed by atoms with van der Waals surface area (Å²) < 4.78 is 38.2. The summed E-state index contributed by atoms with van der Waals surface area (Å²) in [6.45, 7) is 0.112. The van der Waals surface area contributed by atoms with Crippen molar-refractivity contribution in [2.75, 3.05) is 13.7 Å². The first-order chi connectivity index (χ1) is 10.0. The molecular weight excluding hydrogens is 344 g/mol. The molecule has 0 amide bonds. The number of halogens is 3. The van der Waals surface area contributed by atoms with E-state index >= 15 is 0 Å². The SMILES string of the molecule is COc1cccc(C(CN)Oc2cc(Br)cc(F)c2F)c1. The quantitative estimate of drug-likeness (QED) is 0.827. The molecule has 0 aliphatic rings. The third-order valence-corrected chi connectivity index (χ3v) is 3.37. The Morgan fingerprint density at radius 2 is 2.00 bits per heavy atom. The second-order valence-electron chi connectivity index (χ2n) is 4.32. The van der Waals surface area contributed by atoms with Gasteiger partial charge in [-0.25, -0.2) is 4.39 Å². The van der Waals surface area contributed by atoms with E-state index in [0.29, 0.717) is 10.2 Å². The number of methoxy groups -OCH3 is 1. The molecule has 2 aromatic rings. The Hall–Kier alpha value is -1.66. The lowest BCUT2D eigenvalue weighted by Gasteiger charge is -2.19. The molecule has 6 heteroatoms. The first-order valence-electron chi connectivity index (χ1n) is 6.20. The Kier molecular flexibility index (Phi) is 5.14. The molecule has 2 aromatic carbocycles. The van der Waals surface area contributed by atoms with E-state index in [1.165, 1.54) is 6.07 Å². The molecule has 3 nitrogen and oxygen atoms in total. The lowest BCUT2D eigenvalue weighted by atomic mass is 10.1. The molecule has 0 aliphatic heterocycles. The van der Waals surface area contributed by atoms with Gasteiger partial charge in [0.1, 0.15) is 11.9 Å². The largest absolute Gasteiger partial charge is 0.497 e. The van der Waals surface area contributed by atoms with Crippen LogP contribution < -0.4 is 15.2 Å². The fourth-order valence-corrected chi connectivity index (χ4v) is 2.27. The highest BCUT2D eigenvalue weighted by Crippen LogP contribution is 2.30. The predicted octanol–water partition coefficient (Wildman–Crippen LogP) is 3.81. The number of nitrogens with two attached hydrogens (primary N) is 1. The molecule has 0 radical (unpaired) electrons. The van der Waals surface area contributed by atoms with Gasteiger partial charge in [0, 0.05) is 11.0 Å². The lowest BCUT2D eigenvalue weighted by Crippen LogP contribution is -2.19. The highest BCUT2D eigenvalue weighted by Gasteiger charge is 2.17. The molecule has 112 valence electrons. The highest BCUT2D eigenvalue weighted by molar-refractivity contribution is 9.10. The van der Waals surface area contributed by atoms with E-state index in [0.717, 1.165) is 11.6 Å². The van der Waals surface area contributed by atoms with Crippen molar-refractivity contribution in [1.29, 1.82) is 0 Å². The van der Waals surface area contributed by atoms with Gasteiger partial charge in [0.05, 0.1) is 7.11 Å². The second kappa shape index (κ2) is 6.87. The van der Waals surface area contributed by atoms with E-state index < -0.39 is 17.7 Å². The van der Waals surface area contributed by atoms with E-state index in [2.05, 4.69) is 15.9 Å². The van der Waals surface area contributed by atoms with Crippen LogP contribution in [-0.2, 0) is 0 Å². The zero-order valence-electron chi connectivity index (χ0n) is 11.3. The fourth-order valence-electron chi connectivity index (χ4n) is 1.87. The average molecular weight is 358 g/mol. The van der Waals surface area contributed by atoms with Gasteiger partial charge < -0.3 is 15.2 Å². The summed E-state index contributed by atoms with van der Waals surface area (Å²) in [5.41, 5.74) is 6.40. The first kappa shape index (κ1) is 15.7. The van der Waals surface area contributed by atoms with Crippen molar-refractivity contribution in [3.63, 3.8) is 0 Å². The molecule has 0 aliphatic carbocycles. The molecule has 0 heterocycles. The second-order valence-corrected chi connectivity index (χ2v) is 5.23. The number of benzene rings is 2. The average Bonchev–Trinajstić information content (AvgIpc) is 2.49. The maximum absolute atomic E-state index is 13.8. The van der Waals surface area contributed by atoms with Crippen molar-refractivity contribution in [2.24, 2.45) is 5.73 Å². The molecule has 1 atom stereocenters. The van der Waals surface area contributed by atoms with Crippen LogP contribution in [0.1, 0.15) is 11.7 Å². The van der Waals surface area contributed by atoms with Crippen LogP contribution in [0, 0.1) is 11.6 Å². The molecule has 2 rings (SSSR count). The van der Waals surface area contributed by atoms with E-state index in [4.69, 9.17) is 15.2 Å². The molecule has 0 saturated carbocycles. The minimum absolute atomic E-state index is 0.112. The van der Waals surface area contributed by atoms with Crippen molar-refractivity contribution in [1.82, 2.24) is 0 Å². The molecule has 2 N–H and O–H groups in total. The number of hydrogen-bond donors (Lipinski definition) is 1. The Labute approximate surface area is 129 Å². The van der Waals surface area contributed by atoms with E-state index in [1.54, 1.807) is 31.4 Å². The third-order valence-electron chi connectivity index (χ3n) is 2.91. The van der Waals surface area contributed by atoms with Crippen LogP contribution in [0.2, 0.25) is 0 Å². The minimum Gasteiger partial charge on any atom is -0.497 e. The van der Waals surface area contributed by atoms with Gasteiger partial charge in [0.15, 0.2) is 11.6 Å². The maximum atomic E-state index is 13.8. The van der Waals surface area contributed by atoms with Crippen molar-refractivity contribution in [3.8, 4) is 11.5 Å². The van der Waals surface area contributed by atoms with Crippen LogP contribution in [0.3, 0.4) is 0 Å². The van der Waals surface area contributed by atoms with Crippen molar-refractivity contribution in [2.45, 2.75) is 6.10 Å². The summed E-state index contributed by atoms with van der Waals surface area (Å²) in [6.07, 6.45) is -0.608. The molecule has 0 saturated heterocycles. The molecule has 0 bridgehead atoms. The lowest BCUT2D eigenvalue weighted by molar-refractivity contribution is 0.201. The summed E-state index contributed by atoms with van der Waals surface area (Å²) in [6, 6.07) is 9.47. The molecule has 0 fully saturated rings. The Morgan fingerprint density at radius 3 is 2.67 bits per heavy atom. The zero-order chi connectivity index (χ0) is 15.4. The monoisotopic (exact) mass is 357 g/mol. The van der Waals surface area contributed by atoms with Crippen LogP contribution in [0.5, 0.6) is 11.5 Å². The molecule has 21 heavy (non-hydrogen) atoms. The molecule has 0 aromatic heterocycles. The Balaban J connectivity index is 2.31. The van der Waals surface area contributed by atoms with Crippen molar-refractivity contribution < 1.29 is 18.3 Å². The van der Waals surface area contributed by atoms with Crippen LogP contribution in [0.4, 0.5) is 8.78 Å². The van der Waals surface area contributed by atoms with Crippen LogP contribution in [0.25, 0.3) is 0 Å². The maximum Gasteiger partial charge on any atom is 0.200 e. The molecule has 0 spiro atoms. The van der Waals surface area contributed by atoms with Gasteiger partial charge in [-0.3, -0.25) is 0 Å². The predicted molar refractivity (Wildman–Crippen MR) is 79.5 cm³/mol. The zero-order valence-corrected chi connectivity index (χ0v) is 12.9. The molecule has 1 unspecified atom stereocenters. The van der Waals surface area contributed by atoms with Crippen LogP contribution >= 0.6 is 15.9 Å². The number of rotatable bonds is 5. The van der Waals surface area contributed by atoms with Crippen LogP contribution in [-0.4, -0.2) is 13.7 Å². The summed E-state index contributed by atoms with van der Waals surface area (Å²) in [4.78, 5) is 0. The Morgan fingerprint density at radius 1 is 1.24 bits per heavy atom. The van der Waals surface area contributed by atoms with Crippen molar-refractivity contribution in [3.05, 3.63) is 58.1 Å². The van der Waals surface area contributed by atoms with Gasteiger partial charge in [0.25, 0.3) is 0 Å². The van der Waals surface area contributed by atoms with Crippen molar-refractivity contribution >= 4 is 15.9 Å². The van der Waals surface area contributed by atoms with Gasteiger partial charge in [-0.2, -0.15) is 4.39 Å². The van der Waals surface area contributed by atoms with Gasteiger partial charge >= 0.3 is 0 Å². The number of hydrogen-bond acceptors (Lipinski definition) is 3. The summed E-state index contributed by atoms with van der Waals surface area (Å²) in [5.74, 6) is -1.59. The fraction of sp³-hybridized carbons (Fsp3) is 0.200. The van der Waals surface area contributed by atoms with Gasteiger partial charge in [0.2, 0.25) is 5.82 Å². The summed E-state index contributed by atoms with van der Waals surface area (Å²) in [5, 5.41) is 0. The van der Waals surface area contributed by atoms with E-state index in [1.807, 2.05) is 0 Å². The topological polar surface area (TPSA) is 44.5 Å².